The van der Waals surface area contributed by atoms with Gasteiger partial charge < -0.3 is 14.2 Å². The third-order valence-electron chi connectivity index (χ3n) is 3.06. The standard InChI is InChI=1S/C14H19Cl2N3O/c1-18(2)6-8-20-9-7-19-13(10-15)17-12-5-3-4-11(16)14(12)19/h3-5H,6-10H2,1-2H3. The van der Waals surface area contributed by atoms with Gasteiger partial charge in [0.15, 0.2) is 0 Å². The molecule has 0 saturated carbocycles. The van der Waals surface area contributed by atoms with Gasteiger partial charge >= 0.3 is 0 Å². The van der Waals surface area contributed by atoms with E-state index >= 15 is 0 Å². The highest BCUT2D eigenvalue weighted by atomic mass is 35.5. The Morgan fingerprint density at radius 1 is 1.30 bits per heavy atom. The first-order chi connectivity index (χ1) is 9.63. The SMILES string of the molecule is CN(C)CCOCCn1c(CCl)nc2cccc(Cl)c21. The van der Waals surface area contributed by atoms with Gasteiger partial charge in [-0.25, -0.2) is 4.98 Å². The smallest absolute Gasteiger partial charge is 0.124 e. The van der Waals surface area contributed by atoms with Gasteiger partial charge in [0.25, 0.3) is 0 Å². The lowest BCUT2D eigenvalue weighted by Gasteiger charge is -2.11. The van der Waals surface area contributed by atoms with Gasteiger partial charge in [-0.1, -0.05) is 17.7 Å². The third-order valence-corrected chi connectivity index (χ3v) is 3.60. The van der Waals surface area contributed by atoms with Crippen molar-refractivity contribution in [2.75, 3.05) is 33.9 Å². The summed E-state index contributed by atoms with van der Waals surface area (Å²) in [5.74, 6) is 1.19. The lowest BCUT2D eigenvalue weighted by molar-refractivity contribution is 0.111. The van der Waals surface area contributed by atoms with Gasteiger partial charge in [-0.15, -0.1) is 11.6 Å². The Balaban J connectivity index is 2.08. The van der Waals surface area contributed by atoms with E-state index < -0.39 is 0 Å². The molecule has 6 heteroatoms. The summed E-state index contributed by atoms with van der Waals surface area (Å²) >= 11 is 12.2. The van der Waals surface area contributed by atoms with Crippen molar-refractivity contribution in [3.8, 4) is 0 Å². The average molecular weight is 316 g/mol. The van der Waals surface area contributed by atoms with Crippen molar-refractivity contribution >= 4 is 34.2 Å². The normalized spacial score (nSPS) is 11.7. The number of fused-ring (bicyclic) bond motifs is 1. The van der Waals surface area contributed by atoms with Crippen molar-refractivity contribution in [1.82, 2.24) is 14.5 Å². The number of halogens is 2. The maximum Gasteiger partial charge on any atom is 0.124 e. The number of nitrogens with zero attached hydrogens (tertiary/aromatic N) is 3. The van der Waals surface area contributed by atoms with E-state index in [4.69, 9.17) is 27.9 Å². The number of aromatic nitrogens is 2. The van der Waals surface area contributed by atoms with Crippen molar-refractivity contribution in [2.45, 2.75) is 12.4 Å². The van der Waals surface area contributed by atoms with E-state index in [0.29, 0.717) is 30.7 Å². The maximum absolute atomic E-state index is 6.26. The number of hydrogen-bond acceptors (Lipinski definition) is 3. The van der Waals surface area contributed by atoms with Crippen molar-refractivity contribution in [3.05, 3.63) is 29.0 Å². The monoisotopic (exact) mass is 315 g/mol. The van der Waals surface area contributed by atoms with Crippen LogP contribution in [0.3, 0.4) is 0 Å². The zero-order valence-corrected chi connectivity index (χ0v) is 13.3. The molecule has 0 N–H and O–H groups in total. The first kappa shape index (κ1) is 15.6. The number of para-hydroxylation sites is 1. The highest BCUT2D eigenvalue weighted by Gasteiger charge is 2.12. The molecule has 0 fully saturated rings. The fourth-order valence-corrected chi connectivity index (χ4v) is 2.51. The molecule has 1 aromatic heterocycles. The van der Waals surface area contributed by atoms with Crippen molar-refractivity contribution in [3.63, 3.8) is 0 Å². The molecule has 0 saturated heterocycles. The van der Waals surface area contributed by atoms with E-state index in [0.717, 1.165) is 23.4 Å². The van der Waals surface area contributed by atoms with Gasteiger partial charge in [0, 0.05) is 13.1 Å². The second kappa shape index (κ2) is 7.27. The Bertz CT molecular complexity index is 569. The lowest BCUT2D eigenvalue weighted by Crippen LogP contribution is -2.19. The van der Waals surface area contributed by atoms with Crippen molar-refractivity contribution < 1.29 is 4.74 Å². The predicted molar refractivity (Wildman–Crippen MR) is 83.7 cm³/mol. The minimum absolute atomic E-state index is 0.364. The first-order valence-electron chi connectivity index (χ1n) is 6.55. The topological polar surface area (TPSA) is 30.3 Å². The van der Waals surface area contributed by atoms with Crippen LogP contribution in [-0.2, 0) is 17.2 Å². The Kier molecular flexibility index (Phi) is 5.66. The molecule has 0 atom stereocenters. The average Bonchev–Trinajstić information content (AvgIpc) is 2.77. The van der Waals surface area contributed by atoms with Crippen LogP contribution in [0.2, 0.25) is 5.02 Å². The second-order valence-electron chi connectivity index (χ2n) is 4.84. The number of ether oxygens (including phenoxy) is 1. The van der Waals surface area contributed by atoms with E-state index in [1.54, 1.807) is 0 Å². The number of likely N-dealkylation sites (N-methyl/N-ethyl adjacent to an activating group) is 1. The first-order valence-corrected chi connectivity index (χ1v) is 7.46. The van der Waals surface area contributed by atoms with E-state index in [9.17, 15) is 0 Å². The van der Waals surface area contributed by atoms with Gasteiger partial charge in [0.2, 0.25) is 0 Å². The van der Waals surface area contributed by atoms with Crippen LogP contribution in [0.25, 0.3) is 11.0 Å². The Hall–Kier alpha value is -0.810. The minimum atomic E-state index is 0.364. The summed E-state index contributed by atoms with van der Waals surface area (Å²) in [4.78, 5) is 6.59. The summed E-state index contributed by atoms with van der Waals surface area (Å²) in [7, 11) is 4.05. The Morgan fingerprint density at radius 3 is 2.80 bits per heavy atom. The van der Waals surface area contributed by atoms with Crippen LogP contribution < -0.4 is 0 Å². The third kappa shape index (κ3) is 3.64. The van der Waals surface area contributed by atoms with Crippen molar-refractivity contribution in [2.24, 2.45) is 0 Å². The lowest BCUT2D eigenvalue weighted by atomic mass is 10.3. The molecular formula is C14H19Cl2N3O. The summed E-state index contributed by atoms with van der Waals surface area (Å²) in [5, 5.41) is 0.694. The molecule has 0 radical (unpaired) electrons. The highest BCUT2D eigenvalue weighted by Crippen LogP contribution is 2.25. The molecule has 4 nitrogen and oxygen atoms in total. The number of rotatable bonds is 7. The van der Waals surface area contributed by atoms with Crippen LogP contribution in [-0.4, -0.2) is 48.3 Å². The van der Waals surface area contributed by atoms with E-state index in [1.807, 2.05) is 36.9 Å². The van der Waals surface area contributed by atoms with Crippen LogP contribution in [0.15, 0.2) is 18.2 Å². The molecule has 0 aliphatic carbocycles. The quantitative estimate of drug-likeness (QED) is 0.581. The molecule has 1 aromatic carbocycles. The van der Waals surface area contributed by atoms with Gasteiger partial charge in [-0.05, 0) is 26.2 Å². The molecule has 0 bridgehead atoms. The summed E-state index contributed by atoms with van der Waals surface area (Å²) in [6, 6.07) is 5.71. The zero-order chi connectivity index (χ0) is 14.5. The fourth-order valence-electron chi connectivity index (χ4n) is 2.04. The Morgan fingerprint density at radius 2 is 2.10 bits per heavy atom. The van der Waals surface area contributed by atoms with Crippen LogP contribution in [0, 0.1) is 0 Å². The van der Waals surface area contributed by atoms with Crippen LogP contribution in [0.4, 0.5) is 0 Å². The maximum atomic E-state index is 6.26. The largest absolute Gasteiger partial charge is 0.378 e. The van der Waals surface area contributed by atoms with Crippen LogP contribution in [0.5, 0.6) is 0 Å². The van der Waals surface area contributed by atoms with E-state index in [1.165, 1.54) is 0 Å². The minimum Gasteiger partial charge on any atom is -0.378 e. The van der Waals surface area contributed by atoms with Crippen LogP contribution >= 0.6 is 23.2 Å². The summed E-state index contributed by atoms with van der Waals surface area (Å²) in [6.07, 6.45) is 0. The summed E-state index contributed by atoms with van der Waals surface area (Å²) in [5.41, 5.74) is 1.81. The van der Waals surface area contributed by atoms with Gasteiger partial charge in [-0.2, -0.15) is 0 Å². The van der Waals surface area contributed by atoms with Crippen LogP contribution in [0.1, 0.15) is 5.82 Å². The van der Waals surface area contributed by atoms with Crippen molar-refractivity contribution in [1.29, 1.82) is 0 Å². The van der Waals surface area contributed by atoms with E-state index in [-0.39, 0.29) is 0 Å². The van der Waals surface area contributed by atoms with Gasteiger partial charge in [-0.3, -0.25) is 0 Å². The molecule has 0 aliphatic rings. The number of benzene rings is 1. The molecule has 0 aliphatic heterocycles. The second-order valence-corrected chi connectivity index (χ2v) is 5.51. The van der Waals surface area contributed by atoms with E-state index in [2.05, 4.69) is 9.88 Å². The van der Waals surface area contributed by atoms with Gasteiger partial charge in [0.1, 0.15) is 5.82 Å². The molecule has 110 valence electrons. The molecular weight excluding hydrogens is 297 g/mol. The predicted octanol–water partition coefficient (Wildman–Crippen LogP) is 3.01. The molecule has 2 aromatic rings. The molecule has 0 spiro atoms. The Labute approximate surface area is 129 Å². The molecule has 20 heavy (non-hydrogen) atoms. The zero-order valence-electron chi connectivity index (χ0n) is 11.8. The summed E-state index contributed by atoms with van der Waals surface area (Å²) < 4.78 is 7.67. The highest BCUT2D eigenvalue weighted by molar-refractivity contribution is 6.35. The molecule has 2 rings (SSSR count). The molecule has 1 heterocycles. The van der Waals surface area contributed by atoms with Gasteiger partial charge in [0.05, 0.1) is 35.1 Å². The fraction of sp³-hybridized carbons (Fsp3) is 0.500. The number of hydrogen-bond donors (Lipinski definition) is 0. The molecule has 0 amide bonds. The summed E-state index contributed by atoms with van der Waals surface area (Å²) in [6.45, 7) is 2.95. The number of alkyl halides is 1. The number of imidazole rings is 1. The molecule has 0 unspecified atom stereocenters.